The number of benzene rings is 2. The molecule has 1 fully saturated rings. The van der Waals surface area contributed by atoms with Gasteiger partial charge in [0.05, 0.1) is 18.3 Å². The van der Waals surface area contributed by atoms with E-state index in [4.69, 9.17) is 5.10 Å². The second-order valence-corrected chi connectivity index (χ2v) is 11.4. The predicted molar refractivity (Wildman–Crippen MR) is 148 cm³/mol. The lowest BCUT2D eigenvalue weighted by Crippen LogP contribution is -2.50. The summed E-state index contributed by atoms with van der Waals surface area (Å²) in [6.45, 7) is 4.63. The van der Waals surface area contributed by atoms with Crippen LogP contribution in [0.2, 0.25) is 0 Å². The quantitative estimate of drug-likeness (QED) is 0.477. The molecule has 1 saturated heterocycles. The third-order valence-corrected chi connectivity index (χ3v) is 8.56. The minimum absolute atomic E-state index is 0.237. The van der Waals surface area contributed by atoms with Crippen molar-refractivity contribution in [2.24, 2.45) is 0 Å². The van der Waals surface area contributed by atoms with Crippen molar-refractivity contribution < 1.29 is 9.90 Å². The van der Waals surface area contributed by atoms with E-state index in [0.29, 0.717) is 19.5 Å². The zero-order valence-corrected chi connectivity index (χ0v) is 22.7. The average molecular weight is 565 g/mol. The van der Waals surface area contributed by atoms with Gasteiger partial charge in [-0.1, -0.05) is 46.3 Å². The summed E-state index contributed by atoms with van der Waals surface area (Å²) in [6, 6.07) is 16.8. The lowest BCUT2D eigenvalue weighted by molar-refractivity contribution is -0.119. The molecule has 1 atom stereocenters. The van der Waals surface area contributed by atoms with Crippen LogP contribution in [0.1, 0.15) is 36.1 Å². The van der Waals surface area contributed by atoms with Gasteiger partial charge in [0.2, 0.25) is 5.91 Å². The first kappa shape index (κ1) is 24.8. The molecule has 3 aliphatic heterocycles. The van der Waals surface area contributed by atoms with Gasteiger partial charge in [-0.25, -0.2) is 0 Å². The summed E-state index contributed by atoms with van der Waals surface area (Å²) in [6.07, 6.45) is 3.73. The lowest BCUT2D eigenvalue weighted by atomic mass is 9.95. The molecule has 6 rings (SSSR count). The maximum Gasteiger partial charge on any atom is 0.227 e. The van der Waals surface area contributed by atoms with E-state index < -0.39 is 6.10 Å². The van der Waals surface area contributed by atoms with Gasteiger partial charge >= 0.3 is 0 Å². The van der Waals surface area contributed by atoms with E-state index in [1.165, 1.54) is 16.8 Å². The number of aliphatic hydroxyl groups excluding tert-OH is 1. The number of piperidine rings is 1. The number of carbonyl (C=O) groups is 1. The molecule has 4 heterocycles. The highest BCUT2D eigenvalue weighted by atomic mass is 79.9. The molecule has 1 amide bonds. The molecule has 1 unspecified atom stereocenters. The van der Waals surface area contributed by atoms with Crippen LogP contribution < -0.4 is 10.2 Å². The number of nitrogens with one attached hydrogen (secondary N) is 1. The van der Waals surface area contributed by atoms with Crippen molar-refractivity contribution in [3.8, 4) is 11.3 Å². The number of rotatable bonds is 6. The van der Waals surface area contributed by atoms with Crippen molar-refractivity contribution in [2.75, 3.05) is 31.1 Å². The van der Waals surface area contributed by atoms with Gasteiger partial charge in [0.1, 0.15) is 0 Å². The van der Waals surface area contributed by atoms with Crippen LogP contribution in [-0.4, -0.2) is 64.0 Å². The largest absolute Gasteiger partial charge is 0.390 e. The van der Waals surface area contributed by atoms with Gasteiger partial charge in [0.15, 0.2) is 0 Å². The topological polar surface area (TPSA) is 73.6 Å². The summed E-state index contributed by atoms with van der Waals surface area (Å²) in [7, 11) is 0. The number of hydrogen-bond acceptors (Lipinski definition) is 5. The van der Waals surface area contributed by atoms with Crippen LogP contribution >= 0.6 is 15.9 Å². The molecule has 3 aliphatic rings. The lowest BCUT2D eigenvalue weighted by Gasteiger charge is -2.41. The number of fused-ring (bicyclic) bond motifs is 2. The molecule has 3 aromatic rings. The van der Waals surface area contributed by atoms with E-state index >= 15 is 0 Å². The number of amides is 1. The second-order valence-electron chi connectivity index (χ2n) is 10.5. The van der Waals surface area contributed by atoms with Crippen LogP contribution in [0.5, 0.6) is 0 Å². The van der Waals surface area contributed by atoms with Crippen LogP contribution in [-0.2, 0) is 30.7 Å². The molecule has 37 heavy (non-hydrogen) atoms. The molecule has 2 aromatic carbocycles. The highest BCUT2D eigenvalue weighted by molar-refractivity contribution is 9.10. The molecular formula is C29H34BrN5O2. The third-order valence-electron chi connectivity index (χ3n) is 8.03. The maximum absolute atomic E-state index is 12.8. The molecular weight excluding hydrogens is 530 g/mol. The van der Waals surface area contributed by atoms with Gasteiger partial charge < -0.3 is 20.2 Å². The van der Waals surface area contributed by atoms with Crippen molar-refractivity contribution in [1.82, 2.24) is 20.0 Å². The molecule has 1 aromatic heterocycles. The Balaban J connectivity index is 1.10. The van der Waals surface area contributed by atoms with E-state index in [-0.39, 0.29) is 11.9 Å². The maximum atomic E-state index is 12.8. The number of aliphatic hydroxyl groups is 1. The molecule has 2 N–H and O–H groups in total. The van der Waals surface area contributed by atoms with E-state index in [1.807, 2.05) is 22.9 Å². The van der Waals surface area contributed by atoms with Gasteiger partial charge in [-0.3, -0.25) is 9.48 Å². The molecule has 0 aliphatic carbocycles. The first-order chi connectivity index (χ1) is 18.1. The monoisotopic (exact) mass is 563 g/mol. The Kier molecular flexibility index (Phi) is 7.16. The Bertz CT molecular complexity index is 1270. The van der Waals surface area contributed by atoms with Crippen molar-refractivity contribution in [1.29, 1.82) is 0 Å². The summed E-state index contributed by atoms with van der Waals surface area (Å²) in [5, 5.41) is 19.5. The summed E-state index contributed by atoms with van der Waals surface area (Å²) in [5.41, 5.74) is 6.96. The number of aromatic nitrogens is 2. The average Bonchev–Trinajstić information content (AvgIpc) is 3.28. The summed E-state index contributed by atoms with van der Waals surface area (Å²) in [5.74, 6) is 0.247. The zero-order chi connectivity index (χ0) is 25.4. The third kappa shape index (κ3) is 5.12. The van der Waals surface area contributed by atoms with Crippen LogP contribution in [0.4, 0.5) is 5.69 Å². The van der Waals surface area contributed by atoms with Crippen molar-refractivity contribution >= 4 is 27.5 Å². The number of para-hydroxylation sites is 1. The first-order valence-corrected chi connectivity index (χ1v) is 14.2. The van der Waals surface area contributed by atoms with Gasteiger partial charge in [-0.2, -0.15) is 5.10 Å². The van der Waals surface area contributed by atoms with Crippen molar-refractivity contribution in [3.63, 3.8) is 0 Å². The SMILES string of the molecule is O=C1CCc2ccccc2N1C1CCN(CC(O)Cn2nc(-c3ccc(Br)cc3)c3c2CCNC3)CC1. The standard InChI is InChI=1S/C29H34BrN5O2/c30-22-8-5-21(6-9-22)29-25-17-31-14-11-27(25)34(32-29)19-24(36)18-33-15-12-23(13-16-33)35-26-4-2-1-3-20(26)7-10-28(35)37/h1-6,8-9,23-24,31,36H,7,10-19H2. The van der Waals surface area contributed by atoms with Crippen LogP contribution in [0, 0.1) is 0 Å². The van der Waals surface area contributed by atoms with Gasteiger partial charge in [-0.05, 0) is 43.0 Å². The van der Waals surface area contributed by atoms with Crippen molar-refractivity contribution in [3.05, 3.63) is 69.8 Å². The second kappa shape index (κ2) is 10.7. The fourth-order valence-corrected chi connectivity index (χ4v) is 6.44. The summed E-state index contributed by atoms with van der Waals surface area (Å²) >= 11 is 3.52. The number of halogens is 1. The highest BCUT2D eigenvalue weighted by Crippen LogP contribution is 2.33. The number of aryl methyl sites for hydroxylation is 1. The van der Waals surface area contributed by atoms with E-state index in [9.17, 15) is 9.90 Å². The molecule has 0 saturated carbocycles. The molecule has 7 nitrogen and oxygen atoms in total. The van der Waals surface area contributed by atoms with Gasteiger partial charge in [0, 0.05) is 78.6 Å². The summed E-state index contributed by atoms with van der Waals surface area (Å²) in [4.78, 5) is 17.2. The Morgan fingerprint density at radius 2 is 1.81 bits per heavy atom. The van der Waals surface area contributed by atoms with Crippen LogP contribution in [0.3, 0.4) is 0 Å². The number of likely N-dealkylation sites (tertiary alicyclic amines) is 1. The minimum atomic E-state index is -0.495. The minimum Gasteiger partial charge on any atom is -0.390 e. The van der Waals surface area contributed by atoms with Crippen molar-refractivity contribution in [2.45, 2.75) is 57.3 Å². The smallest absolute Gasteiger partial charge is 0.227 e. The van der Waals surface area contributed by atoms with E-state index in [0.717, 1.165) is 73.3 Å². The Labute approximate surface area is 226 Å². The van der Waals surface area contributed by atoms with E-state index in [2.05, 4.69) is 61.4 Å². The fourth-order valence-electron chi connectivity index (χ4n) is 6.18. The number of hydrogen-bond donors (Lipinski definition) is 2. The Hall–Kier alpha value is -2.52. The van der Waals surface area contributed by atoms with Crippen LogP contribution in [0.25, 0.3) is 11.3 Å². The number of carbonyl (C=O) groups excluding carboxylic acids is 1. The zero-order valence-electron chi connectivity index (χ0n) is 21.1. The molecule has 8 heteroatoms. The fraction of sp³-hybridized carbons (Fsp3) is 0.448. The van der Waals surface area contributed by atoms with E-state index in [1.54, 1.807) is 0 Å². The van der Waals surface area contributed by atoms with Gasteiger partial charge in [-0.15, -0.1) is 0 Å². The van der Waals surface area contributed by atoms with Gasteiger partial charge in [0.25, 0.3) is 0 Å². The Morgan fingerprint density at radius 1 is 1.03 bits per heavy atom. The van der Waals surface area contributed by atoms with Crippen LogP contribution in [0.15, 0.2) is 53.0 Å². The normalized spacial score (nSPS) is 19.5. The molecule has 194 valence electrons. The molecule has 0 bridgehead atoms. The Morgan fingerprint density at radius 3 is 2.62 bits per heavy atom. The molecule has 0 spiro atoms. The summed E-state index contributed by atoms with van der Waals surface area (Å²) < 4.78 is 3.09. The first-order valence-electron chi connectivity index (χ1n) is 13.4. The highest BCUT2D eigenvalue weighted by Gasteiger charge is 2.33. The number of nitrogens with zero attached hydrogens (tertiary/aromatic N) is 4. The predicted octanol–water partition coefficient (Wildman–Crippen LogP) is 3.76. The number of β-amino-alcohol motifs (C(OH)–C–C–N with tert-alkyl or cyclic N) is 1. The molecule has 0 radical (unpaired) electrons. The number of anilines is 1.